The van der Waals surface area contributed by atoms with Crippen molar-refractivity contribution in [2.45, 2.75) is 13.3 Å². The zero-order valence-corrected chi connectivity index (χ0v) is 7.00. The molecule has 0 atom stereocenters. The van der Waals surface area contributed by atoms with Crippen LogP contribution in [0.3, 0.4) is 0 Å². The van der Waals surface area contributed by atoms with Gasteiger partial charge in [0.2, 0.25) is 0 Å². The van der Waals surface area contributed by atoms with Crippen LogP contribution in [-0.2, 0) is 6.42 Å². The first-order valence-electron chi connectivity index (χ1n) is 3.83. The lowest BCUT2D eigenvalue weighted by molar-refractivity contribution is 0.100. The number of nitrogen functional groups attached to an aromatic ring is 1. The van der Waals surface area contributed by atoms with Crippen LogP contribution in [-0.4, -0.2) is 5.91 Å². The quantitative estimate of drug-likeness (QED) is 0.638. The van der Waals surface area contributed by atoms with Crippen LogP contribution < -0.4 is 11.5 Å². The maximum absolute atomic E-state index is 10.8. The Kier molecular flexibility index (Phi) is 2.33. The molecule has 0 unspecified atom stereocenters. The predicted molar refractivity (Wildman–Crippen MR) is 48.8 cm³/mol. The Morgan fingerprint density at radius 3 is 2.58 bits per heavy atom. The van der Waals surface area contributed by atoms with E-state index in [1.54, 1.807) is 12.1 Å². The average Bonchev–Trinajstić information content (AvgIpc) is 2.03. The van der Waals surface area contributed by atoms with E-state index in [0.29, 0.717) is 11.3 Å². The maximum atomic E-state index is 10.8. The van der Waals surface area contributed by atoms with Crippen LogP contribution in [0.5, 0.6) is 0 Å². The summed E-state index contributed by atoms with van der Waals surface area (Å²) in [6.07, 6.45) is 0.906. The van der Waals surface area contributed by atoms with Crippen molar-refractivity contribution in [2.75, 3.05) is 5.73 Å². The summed E-state index contributed by atoms with van der Waals surface area (Å²) in [5.41, 5.74) is 12.6. The molecule has 0 radical (unpaired) electrons. The molecule has 0 aromatic heterocycles. The lowest BCUT2D eigenvalue weighted by Crippen LogP contribution is -2.13. The zero-order chi connectivity index (χ0) is 9.14. The third kappa shape index (κ3) is 1.56. The summed E-state index contributed by atoms with van der Waals surface area (Å²) in [6.45, 7) is 2.03. The lowest BCUT2D eigenvalue weighted by atomic mass is 10.1. The number of benzene rings is 1. The van der Waals surface area contributed by atoms with Crippen LogP contribution in [0.15, 0.2) is 18.2 Å². The molecule has 0 spiro atoms. The van der Waals surface area contributed by atoms with Crippen molar-refractivity contribution in [2.24, 2.45) is 5.73 Å². The molecule has 1 aromatic carbocycles. The van der Waals surface area contributed by atoms with E-state index >= 15 is 0 Å². The van der Waals surface area contributed by atoms with Gasteiger partial charge < -0.3 is 11.5 Å². The fourth-order valence-electron chi connectivity index (χ4n) is 1.06. The molecule has 64 valence electrons. The van der Waals surface area contributed by atoms with E-state index < -0.39 is 5.91 Å². The smallest absolute Gasteiger partial charge is 0.250 e. The Labute approximate surface area is 71.4 Å². The molecule has 1 rings (SSSR count). The monoisotopic (exact) mass is 164 g/mol. The Bertz CT molecular complexity index is 307. The Morgan fingerprint density at radius 1 is 1.50 bits per heavy atom. The molecule has 4 N–H and O–H groups in total. The van der Waals surface area contributed by atoms with Crippen LogP contribution in [0.1, 0.15) is 22.8 Å². The van der Waals surface area contributed by atoms with Crippen LogP contribution in [0.2, 0.25) is 0 Å². The normalized spacial score (nSPS) is 9.75. The minimum absolute atomic E-state index is 0.396. The maximum Gasteiger partial charge on any atom is 0.250 e. The van der Waals surface area contributed by atoms with Gasteiger partial charge in [-0.05, 0) is 24.1 Å². The predicted octanol–water partition coefficient (Wildman–Crippen LogP) is 0.930. The fourth-order valence-corrected chi connectivity index (χ4v) is 1.06. The van der Waals surface area contributed by atoms with Gasteiger partial charge in [0.25, 0.3) is 5.91 Å². The second-order valence-corrected chi connectivity index (χ2v) is 2.64. The number of amides is 1. The van der Waals surface area contributed by atoms with Crippen molar-refractivity contribution < 1.29 is 4.79 Å². The van der Waals surface area contributed by atoms with Crippen molar-refractivity contribution in [3.05, 3.63) is 29.3 Å². The minimum atomic E-state index is -0.477. The first-order chi connectivity index (χ1) is 5.65. The third-order valence-corrected chi connectivity index (χ3v) is 1.79. The van der Waals surface area contributed by atoms with Crippen molar-refractivity contribution in [3.8, 4) is 0 Å². The van der Waals surface area contributed by atoms with Gasteiger partial charge in [0.05, 0.1) is 5.56 Å². The Balaban J connectivity index is 3.12. The van der Waals surface area contributed by atoms with Gasteiger partial charge in [-0.2, -0.15) is 0 Å². The lowest BCUT2D eigenvalue weighted by Gasteiger charge is -2.02. The zero-order valence-electron chi connectivity index (χ0n) is 7.00. The number of hydrogen-bond donors (Lipinski definition) is 2. The second-order valence-electron chi connectivity index (χ2n) is 2.64. The molecule has 1 amide bonds. The van der Waals surface area contributed by atoms with Crippen molar-refractivity contribution in [3.63, 3.8) is 0 Å². The molecule has 0 fully saturated rings. The largest absolute Gasteiger partial charge is 0.398 e. The summed E-state index contributed by atoms with van der Waals surface area (Å²) in [5, 5.41) is 0. The molecule has 12 heavy (non-hydrogen) atoms. The van der Waals surface area contributed by atoms with Gasteiger partial charge in [0.1, 0.15) is 0 Å². The summed E-state index contributed by atoms with van der Waals surface area (Å²) < 4.78 is 0. The van der Waals surface area contributed by atoms with Crippen molar-refractivity contribution in [1.82, 2.24) is 0 Å². The highest BCUT2D eigenvalue weighted by atomic mass is 16.1. The number of primary amides is 1. The summed E-state index contributed by atoms with van der Waals surface area (Å²) in [5.74, 6) is -0.477. The summed E-state index contributed by atoms with van der Waals surface area (Å²) in [6, 6.07) is 5.30. The van der Waals surface area contributed by atoms with Crippen LogP contribution in [0, 0.1) is 0 Å². The fraction of sp³-hybridized carbons (Fsp3) is 0.222. The topological polar surface area (TPSA) is 69.1 Å². The second kappa shape index (κ2) is 3.26. The van der Waals surface area contributed by atoms with Gasteiger partial charge in [-0.15, -0.1) is 0 Å². The standard InChI is InChI=1S/C9H12N2O/c1-2-6-3-4-7(9(11)12)8(10)5-6/h3-5H,2,10H2,1H3,(H2,11,12). The molecule has 1 aromatic rings. The SMILES string of the molecule is CCc1ccc(C(N)=O)c(N)c1. The number of nitrogens with two attached hydrogens (primary N) is 2. The third-order valence-electron chi connectivity index (χ3n) is 1.79. The van der Waals surface area contributed by atoms with E-state index in [1.807, 2.05) is 13.0 Å². The molecule has 0 aliphatic carbocycles. The first-order valence-corrected chi connectivity index (χ1v) is 3.83. The molecule has 0 saturated carbocycles. The highest BCUT2D eigenvalue weighted by Gasteiger charge is 2.04. The number of aryl methyl sites for hydroxylation is 1. The van der Waals surface area contributed by atoms with E-state index in [9.17, 15) is 4.79 Å². The van der Waals surface area contributed by atoms with Crippen LogP contribution >= 0.6 is 0 Å². The van der Waals surface area contributed by atoms with E-state index in [0.717, 1.165) is 12.0 Å². The van der Waals surface area contributed by atoms with Crippen LogP contribution in [0.25, 0.3) is 0 Å². The summed E-state index contributed by atoms with van der Waals surface area (Å²) >= 11 is 0. The number of carbonyl (C=O) groups is 1. The van der Waals surface area contributed by atoms with E-state index in [-0.39, 0.29) is 0 Å². The Morgan fingerprint density at radius 2 is 2.17 bits per heavy atom. The van der Waals surface area contributed by atoms with Gasteiger partial charge in [-0.3, -0.25) is 4.79 Å². The first kappa shape index (κ1) is 8.59. The molecular weight excluding hydrogens is 152 g/mol. The highest BCUT2D eigenvalue weighted by molar-refractivity contribution is 5.97. The van der Waals surface area contributed by atoms with E-state index in [4.69, 9.17) is 11.5 Å². The summed E-state index contributed by atoms with van der Waals surface area (Å²) in [7, 11) is 0. The Hall–Kier alpha value is -1.51. The molecule has 0 aliphatic rings. The molecule has 0 saturated heterocycles. The molecule has 0 bridgehead atoms. The molecule has 0 heterocycles. The van der Waals surface area contributed by atoms with Gasteiger partial charge in [-0.1, -0.05) is 13.0 Å². The van der Waals surface area contributed by atoms with Gasteiger partial charge >= 0.3 is 0 Å². The van der Waals surface area contributed by atoms with Crippen molar-refractivity contribution in [1.29, 1.82) is 0 Å². The van der Waals surface area contributed by atoms with E-state index in [1.165, 1.54) is 0 Å². The average molecular weight is 164 g/mol. The summed E-state index contributed by atoms with van der Waals surface area (Å²) in [4.78, 5) is 10.8. The van der Waals surface area contributed by atoms with E-state index in [2.05, 4.69) is 0 Å². The number of hydrogen-bond acceptors (Lipinski definition) is 2. The number of rotatable bonds is 2. The van der Waals surface area contributed by atoms with Gasteiger partial charge in [0, 0.05) is 5.69 Å². The van der Waals surface area contributed by atoms with Crippen molar-refractivity contribution >= 4 is 11.6 Å². The van der Waals surface area contributed by atoms with Gasteiger partial charge in [-0.25, -0.2) is 0 Å². The highest BCUT2D eigenvalue weighted by Crippen LogP contribution is 2.13. The molecule has 3 nitrogen and oxygen atoms in total. The number of anilines is 1. The van der Waals surface area contributed by atoms with Gasteiger partial charge in [0.15, 0.2) is 0 Å². The molecular formula is C9H12N2O. The molecule has 3 heteroatoms. The number of carbonyl (C=O) groups excluding carboxylic acids is 1. The van der Waals surface area contributed by atoms with Crippen LogP contribution in [0.4, 0.5) is 5.69 Å². The minimum Gasteiger partial charge on any atom is -0.398 e. The molecule has 0 aliphatic heterocycles.